The Bertz CT molecular complexity index is 1380. The van der Waals surface area contributed by atoms with Crippen LogP contribution in [0.4, 0.5) is 5.69 Å². The Morgan fingerprint density at radius 3 is 2.34 bits per heavy atom. The van der Waals surface area contributed by atoms with Crippen molar-refractivity contribution in [1.82, 2.24) is 9.21 Å². The molecule has 0 bridgehead atoms. The molecule has 0 atom stereocenters. The quantitative estimate of drug-likeness (QED) is 0.418. The maximum absolute atomic E-state index is 13.3. The number of carbonyl (C=O) groups is 2. The van der Waals surface area contributed by atoms with E-state index in [4.69, 9.17) is 4.74 Å². The molecular weight excluding hydrogens is 502 g/mol. The van der Waals surface area contributed by atoms with Gasteiger partial charge in [0.15, 0.2) is 6.61 Å². The molecule has 1 aliphatic rings. The largest absolute Gasteiger partial charge is 0.452 e. The van der Waals surface area contributed by atoms with E-state index in [2.05, 4.69) is 22.3 Å². The van der Waals surface area contributed by atoms with Gasteiger partial charge in [0, 0.05) is 38.4 Å². The van der Waals surface area contributed by atoms with Crippen LogP contribution in [-0.2, 0) is 32.5 Å². The molecule has 1 amide bonds. The van der Waals surface area contributed by atoms with Crippen LogP contribution in [0.1, 0.15) is 34.0 Å². The van der Waals surface area contributed by atoms with Crippen LogP contribution in [0.15, 0.2) is 77.7 Å². The second-order valence-electron chi connectivity index (χ2n) is 9.28. The lowest BCUT2D eigenvalue weighted by atomic mass is 10.1. The first kappa shape index (κ1) is 27.5. The molecule has 0 radical (unpaired) electrons. The second kappa shape index (κ2) is 12.3. The van der Waals surface area contributed by atoms with E-state index in [0.717, 1.165) is 24.1 Å². The number of carbonyl (C=O) groups excluding carboxylic acids is 2. The normalized spacial score (nSPS) is 14.7. The zero-order valence-corrected chi connectivity index (χ0v) is 22.5. The van der Waals surface area contributed by atoms with Crippen molar-refractivity contribution in [3.05, 3.63) is 95.1 Å². The van der Waals surface area contributed by atoms with Crippen molar-refractivity contribution in [3.8, 4) is 0 Å². The lowest BCUT2D eigenvalue weighted by Crippen LogP contribution is -2.48. The van der Waals surface area contributed by atoms with Crippen LogP contribution in [0.3, 0.4) is 0 Å². The number of nitrogens with one attached hydrogen (secondary N) is 1. The van der Waals surface area contributed by atoms with Gasteiger partial charge in [-0.25, -0.2) is 13.2 Å². The summed E-state index contributed by atoms with van der Waals surface area (Å²) in [6, 6.07) is 21.6. The number of piperazine rings is 1. The van der Waals surface area contributed by atoms with Crippen molar-refractivity contribution in [2.75, 3.05) is 38.1 Å². The fraction of sp³-hybridized carbons (Fsp3) is 0.310. The number of esters is 1. The molecule has 200 valence electrons. The van der Waals surface area contributed by atoms with Gasteiger partial charge in [0.25, 0.3) is 5.91 Å². The summed E-state index contributed by atoms with van der Waals surface area (Å²) < 4.78 is 33.2. The molecule has 1 saturated heterocycles. The molecule has 0 saturated carbocycles. The van der Waals surface area contributed by atoms with Gasteiger partial charge in [-0.3, -0.25) is 9.69 Å². The highest BCUT2D eigenvalue weighted by molar-refractivity contribution is 7.89. The molecule has 4 rings (SSSR count). The summed E-state index contributed by atoms with van der Waals surface area (Å²) in [6.45, 7) is 6.15. The number of hydrogen-bond acceptors (Lipinski definition) is 6. The second-order valence-corrected chi connectivity index (χ2v) is 11.2. The minimum absolute atomic E-state index is 0.0282. The van der Waals surface area contributed by atoms with Crippen LogP contribution in [0.5, 0.6) is 0 Å². The van der Waals surface area contributed by atoms with E-state index in [-0.39, 0.29) is 10.5 Å². The molecule has 1 N–H and O–H groups in total. The Hall–Kier alpha value is -3.53. The van der Waals surface area contributed by atoms with Gasteiger partial charge in [-0.1, -0.05) is 61.5 Å². The average Bonchev–Trinajstić information content (AvgIpc) is 2.93. The molecule has 0 aromatic heterocycles. The number of benzene rings is 3. The molecule has 1 heterocycles. The van der Waals surface area contributed by atoms with Gasteiger partial charge in [-0.05, 0) is 48.2 Å². The minimum atomic E-state index is -3.78. The van der Waals surface area contributed by atoms with Crippen molar-refractivity contribution in [3.63, 3.8) is 0 Å². The molecule has 1 aliphatic heterocycles. The average molecular weight is 536 g/mol. The van der Waals surface area contributed by atoms with Crippen molar-refractivity contribution < 1.29 is 22.7 Å². The molecule has 8 nitrogen and oxygen atoms in total. The number of anilines is 1. The summed E-state index contributed by atoms with van der Waals surface area (Å²) in [5.41, 5.74) is 3.89. The third-order valence-corrected chi connectivity index (χ3v) is 8.52. The maximum Gasteiger partial charge on any atom is 0.338 e. The number of hydrogen-bond donors (Lipinski definition) is 1. The number of sulfonamides is 1. The number of amides is 1. The molecule has 38 heavy (non-hydrogen) atoms. The SMILES string of the molecule is CCc1cccc(C)c1NC(=O)COC(=O)c1cccc(S(=O)(=O)N2CCN(Cc3ccccc3)CC2)c1. The van der Waals surface area contributed by atoms with E-state index in [0.29, 0.717) is 31.9 Å². The van der Waals surface area contributed by atoms with Gasteiger partial charge in [0.2, 0.25) is 10.0 Å². The van der Waals surface area contributed by atoms with Crippen LogP contribution in [0.2, 0.25) is 0 Å². The predicted molar refractivity (Wildman–Crippen MR) is 146 cm³/mol. The Labute approximate surface area is 224 Å². The molecule has 3 aromatic carbocycles. The van der Waals surface area contributed by atoms with Crippen molar-refractivity contribution >= 4 is 27.6 Å². The van der Waals surface area contributed by atoms with E-state index in [1.807, 2.05) is 50.2 Å². The van der Waals surface area contributed by atoms with Gasteiger partial charge in [0.05, 0.1) is 10.5 Å². The number of ether oxygens (including phenoxy) is 1. The molecule has 0 unspecified atom stereocenters. The number of rotatable bonds is 9. The van der Waals surface area contributed by atoms with Gasteiger partial charge >= 0.3 is 5.97 Å². The van der Waals surface area contributed by atoms with Crippen LogP contribution < -0.4 is 5.32 Å². The standard InChI is InChI=1S/C29H33N3O5S/c1-3-24-12-7-9-22(2)28(24)30-27(33)21-37-29(34)25-13-8-14-26(19-25)38(35,36)32-17-15-31(16-18-32)20-23-10-5-4-6-11-23/h4-14,19H,3,15-18,20-21H2,1-2H3,(H,30,33). The van der Waals surface area contributed by atoms with Crippen molar-refractivity contribution in [2.45, 2.75) is 31.7 Å². The third-order valence-electron chi connectivity index (χ3n) is 6.63. The fourth-order valence-corrected chi connectivity index (χ4v) is 5.96. The monoisotopic (exact) mass is 535 g/mol. The highest BCUT2D eigenvalue weighted by atomic mass is 32.2. The van der Waals surface area contributed by atoms with Crippen molar-refractivity contribution in [2.24, 2.45) is 0 Å². The first-order valence-corrected chi connectivity index (χ1v) is 14.1. The molecular formula is C29H33N3O5S. The predicted octanol–water partition coefficient (Wildman–Crippen LogP) is 3.86. The highest BCUT2D eigenvalue weighted by Crippen LogP contribution is 2.22. The summed E-state index contributed by atoms with van der Waals surface area (Å²) in [7, 11) is -3.78. The van der Waals surface area contributed by atoms with E-state index in [1.54, 1.807) is 0 Å². The number of nitrogens with zero attached hydrogens (tertiary/aromatic N) is 2. The van der Waals surface area contributed by atoms with Gasteiger partial charge < -0.3 is 10.1 Å². The molecule has 3 aromatic rings. The van der Waals surface area contributed by atoms with Crippen LogP contribution in [0.25, 0.3) is 0 Å². The van der Waals surface area contributed by atoms with Gasteiger partial charge in [0.1, 0.15) is 0 Å². The smallest absolute Gasteiger partial charge is 0.338 e. The Balaban J connectivity index is 1.34. The minimum Gasteiger partial charge on any atom is -0.452 e. The third kappa shape index (κ3) is 6.66. The summed E-state index contributed by atoms with van der Waals surface area (Å²) in [5.74, 6) is -1.22. The van der Waals surface area contributed by atoms with E-state index in [9.17, 15) is 18.0 Å². The Morgan fingerprint density at radius 2 is 1.63 bits per heavy atom. The topological polar surface area (TPSA) is 96.0 Å². The molecule has 0 spiro atoms. The highest BCUT2D eigenvalue weighted by Gasteiger charge is 2.29. The van der Waals surface area contributed by atoms with E-state index < -0.39 is 28.5 Å². The van der Waals surface area contributed by atoms with Crippen LogP contribution >= 0.6 is 0 Å². The summed E-state index contributed by atoms with van der Waals surface area (Å²) >= 11 is 0. The summed E-state index contributed by atoms with van der Waals surface area (Å²) in [5, 5.41) is 2.81. The first-order chi connectivity index (χ1) is 18.3. The lowest BCUT2D eigenvalue weighted by Gasteiger charge is -2.34. The van der Waals surface area contributed by atoms with Crippen molar-refractivity contribution in [1.29, 1.82) is 0 Å². The Morgan fingerprint density at radius 1 is 0.921 bits per heavy atom. The molecule has 1 fully saturated rings. The number of aryl methyl sites for hydroxylation is 2. The first-order valence-electron chi connectivity index (χ1n) is 12.7. The van der Waals surface area contributed by atoms with E-state index in [1.165, 1.54) is 34.1 Å². The van der Waals surface area contributed by atoms with Gasteiger partial charge in [-0.15, -0.1) is 0 Å². The Kier molecular flexibility index (Phi) is 8.93. The zero-order valence-electron chi connectivity index (χ0n) is 21.7. The zero-order chi connectivity index (χ0) is 27.1. The fourth-order valence-electron chi connectivity index (χ4n) is 4.49. The van der Waals surface area contributed by atoms with Crippen LogP contribution in [-0.4, -0.2) is 62.3 Å². The summed E-state index contributed by atoms with van der Waals surface area (Å²) in [6.07, 6.45) is 0.750. The maximum atomic E-state index is 13.3. The lowest BCUT2D eigenvalue weighted by molar-refractivity contribution is -0.119. The van der Waals surface area contributed by atoms with E-state index >= 15 is 0 Å². The molecule has 0 aliphatic carbocycles. The van der Waals surface area contributed by atoms with Crippen LogP contribution in [0, 0.1) is 6.92 Å². The summed E-state index contributed by atoms with van der Waals surface area (Å²) in [4.78, 5) is 27.3. The van der Waals surface area contributed by atoms with Gasteiger partial charge in [-0.2, -0.15) is 4.31 Å². The number of para-hydroxylation sites is 1. The molecule has 9 heteroatoms.